The van der Waals surface area contributed by atoms with Crippen molar-refractivity contribution < 1.29 is 14.3 Å². The van der Waals surface area contributed by atoms with Crippen molar-refractivity contribution in [2.75, 3.05) is 12.4 Å². The zero-order chi connectivity index (χ0) is 20.8. The number of benzene rings is 2. The number of aromatic nitrogens is 3. The zero-order valence-electron chi connectivity index (χ0n) is 16.1. The SMILES string of the molecule is CCn1c(CNC(=O)c2ccccc2NC(=O)c2ccc(OC)cc2)n[nH]c1=S. The largest absolute Gasteiger partial charge is 0.497 e. The Labute approximate surface area is 172 Å². The minimum Gasteiger partial charge on any atom is -0.497 e. The number of nitrogens with zero attached hydrogens (tertiary/aromatic N) is 2. The summed E-state index contributed by atoms with van der Waals surface area (Å²) < 4.78 is 7.40. The molecule has 29 heavy (non-hydrogen) atoms. The lowest BCUT2D eigenvalue weighted by atomic mass is 10.1. The minimum absolute atomic E-state index is 0.209. The quantitative estimate of drug-likeness (QED) is 0.519. The van der Waals surface area contributed by atoms with E-state index in [1.807, 2.05) is 6.92 Å². The summed E-state index contributed by atoms with van der Waals surface area (Å²) in [5, 5.41) is 12.4. The van der Waals surface area contributed by atoms with Gasteiger partial charge in [0.1, 0.15) is 5.75 Å². The number of ether oxygens (including phenoxy) is 1. The van der Waals surface area contributed by atoms with Gasteiger partial charge in [-0.05, 0) is 55.5 Å². The van der Waals surface area contributed by atoms with E-state index >= 15 is 0 Å². The highest BCUT2D eigenvalue weighted by molar-refractivity contribution is 7.71. The molecule has 0 aliphatic rings. The number of methoxy groups -OCH3 is 1. The number of hydrogen-bond donors (Lipinski definition) is 3. The maximum atomic E-state index is 12.7. The second kappa shape index (κ2) is 9.16. The molecule has 3 rings (SSSR count). The zero-order valence-corrected chi connectivity index (χ0v) is 16.9. The summed E-state index contributed by atoms with van der Waals surface area (Å²) >= 11 is 5.15. The molecule has 3 N–H and O–H groups in total. The van der Waals surface area contributed by atoms with E-state index in [2.05, 4.69) is 20.8 Å². The van der Waals surface area contributed by atoms with Gasteiger partial charge in [0.15, 0.2) is 10.6 Å². The molecule has 1 aromatic heterocycles. The molecule has 0 aliphatic carbocycles. The molecule has 0 fully saturated rings. The first kappa shape index (κ1) is 20.3. The van der Waals surface area contributed by atoms with Gasteiger partial charge in [-0.2, -0.15) is 5.10 Å². The van der Waals surface area contributed by atoms with Crippen LogP contribution in [-0.4, -0.2) is 33.7 Å². The fourth-order valence-electron chi connectivity index (χ4n) is 2.79. The molecule has 0 radical (unpaired) electrons. The van der Waals surface area contributed by atoms with Crippen molar-refractivity contribution >= 4 is 29.7 Å². The summed E-state index contributed by atoms with van der Waals surface area (Å²) in [5.74, 6) is 0.642. The number of rotatable bonds is 7. The number of aromatic amines is 1. The third kappa shape index (κ3) is 4.69. The lowest BCUT2D eigenvalue weighted by Crippen LogP contribution is -2.26. The fourth-order valence-corrected chi connectivity index (χ4v) is 3.07. The molecule has 0 bridgehead atoms. The second-order valence-electron chi connectivity index (χ2n) is 6.10. The highest BCUT2D eigenvalue weighted by atomic mass is 32.1. The van der Waals surface area contributed by atoms with Crippen molar-refractivity contribution in [3.8, 4) is 5.75 Å². The van der Waals surface area contributed by atoms with Gasteiger partial charge in [-0.3, -0.25) is 14.7 Å². The van der Waals surface area contributed by atoms with Crippen LogP contribution in [0.2, 0.25) is 0 Å². The van der Waals surface area contributed by atoms with Gasteiger partial charge in [-0.15, -0.1) is 0 Å². The van der Waals surface area contributed by atoms with Crippen LogP contribution in [0.1, 0.15) is 33.5 Å². The fraction of sp³-hybridized carbons (Fsp3) is 0.200. The predicted octanol–water partition coefficient (Wildman–Crippen LogP) is 3.15. The number of anilines is 1. The lowest BCUT2D eigenvalue weighted by molar-refractivity contribution is 0.0950. The van der Waals surface area contributed by atoms with Gasteiger partial charge in [-0.25, -0.2) is 0 Å². The van der Waals surface area contributed by atoms with Crippen LogP contribution < -0.4 is 15.4 Å². The second-order valence-corrected chi connectivity index (χ2v) is 6.49. The molecule has 2 aromatic carbocycles. The van der Waals surface area contributed by atoms with Gasteiger partial charge in [0.25, 0.3) is 11.8 Å². The third-order valence-electron chi connectivity index (χ3n) is 4.33. The Bertz CT molecular complexity index is 1070. The average Bonchev–Trinajstić information content (AvgIpc) is 3.11. The van der Waals surface area contributed by atoms with Gasteiger partial charge >= 0.3 is 0 Å². The smallest absolute Gasteiger partial charge is 0.255 e. The van der Waals surface area contributed by atoms with E-state index in [0.29, 0.717) is 39.7 Å². The summed E-state index contributed by atoms with van der Waals surface area (Å²) in [5.41, 5.74) is 1.23. The van der Waals surface area contributed by atoms with Crippen LogP contribution in [-0.2, 0) is 13.1 Å². The molecule has 0 aliphatic heterocycles. The molecular formula is C20H21N5O3S. The number of nitrogens with one attached hydrogen (secondary N) is 3. The lowest BCUT2D eigenvalue weighted by Gasteiger charge is -2.12. The molecule has 1 heterocycles. The van der Waals surface area contributed by atoms with Crippen molar-refractivity contribution in [1.29, 1.82) is 0 Å². The molecule has 2 amide bonds. The van der Waals surface area contributed by atoms with E-state index in [0.717, 1.165) is 0 Å². The third-order valence-corrected chi connectivity index (χ3v) is 4.64. The minimum atomic E-state index is -0.327. The molecule has 0 unspecified atom stereocenters. The Hall–Kier alpha value is -3.46. The summed E-state index contributed by atoms with van der Waals surface area (Å²) in [7, 11) is 1.56. The Morgan fingerprint density at radius 3 is 2.55 bits per heavy atom. The molecule has 0 saturated heterocycles. The van der Waals surface area contributed by atoms with Crippen LogP contribution in [0, 0.1) is 4.77 Å². The Kier molecular flexibility index (Phi) is 6.40. The highest BCUT2D eigenvalue weighted by Crippen LogP contribution is 2.18. The molecular weight excluding hydrogens is 390 g/mol. The van der Waals surface area contributed by atoms with Gasteiger partial charge in [0, 0.05) is 12.1 Å². The van der Waals surface area contributed by atoms with Gasteiger partial charge in [-0.1, -0.05) is 12.1 Å². The Morgan fingerprint density at radius 1 is 1.14 bits per heavy atom. The van der Waals surface area contributed by atoms with Gasteiger partial charge in [0.05, 0.1) is 24.9 Å². The van der Waals surface area contributed by atoms with Crippen LogP contribution in [0.15, 0.2) is 48.5 Å². The first-order chi connectivity index (χ1) is 14.0. The predicted molar refractivity (Wildman–Crippen MR) is 112 cm³/mol. The van der Waals surface area contributed by atoms with Crippen LogP contribution in [0.25, 0.3) is 0 Å². The maximum absolute atomic E-state index is 12.7. The van der Waals surface area contributed by atoms with Crippen molar-refractivity contribution in [2.45, 2.75) is 20.0 Å². The van der Waals surface area contributed by atoms with Crippen molar-refractivity contribution in [2.24, 2.45) is 0 Å². The van der Waals surface area contributed by atoms with Crippen LogP contribution in [0.5, 0.6) is 5.75 Å². The van der Waals surface area contributed by atoms with Crippen LogP contribution >= 0.6 is 12.2 Å². The standard InChI is InChI=1S/C20H21N5O3S/c1-3-25-17(23-24-20(25)29)12-21-19(27)15-6-4-5-7-16(15)22-18(26)13-8-10-14(28-2)11-9-13/h4-11H,3,12H2,1-2H3,(H,21,27)(H,22,26)(H,24,29). The molecule has 0 spiro atoms. The molecule has 0 saturated carbocycles. The van der Waals surface area contributed by atoms with Gasteiger partial charge < -0.3 is 19.9 Å². The first-order valence-electron chi connectivity index (χ1n) is 9.00. The number of carbonyl (C=O) groups is 2. The number of carbonyl (C=O) groups excluding carboxylic acids is 2. The summed E-state index contributed by atoms with van der Waals surface area (Å²) in [4.78, 5) is 25.2. The topological polar surface area (TPSA) is 101 Å². The normalized spacial score (nSPS) is 10.4. The van der Waals surface area contributed by atoms with Crippen LogP contribution in [0.4, 0.5) is 5.69 Å². The summed E-state index contributed by atoms with van der Waals surface area (Å²) in [6, 6.07) is 13.5. The van der Waals surface area contributed by atoms with Crippen molar-refractivity contribution in [3.05, 3.63) is 70.3 Å². The highest BCUT2D eigenvalue weighted by Gasteiger charge is 2.15. The number of para-hydroxylation sites is 1. The average molecular weight is 411 g/mol. The van der Waals surface area contributed by atoms with Crippen LogP contribution in [0.3, 0.4) is 0 Å². The molecule has 8 nitrogen and oxygen atoms in total. The molecule has 150 valence electrons. The maximum Gasteiger partial charge on any atom is 0.255 e. The van der Waals surface area contributed by atoms with Crippen molar-refractivity contribution in [1.82, 2.24) is 20.1 Å². The molecule has 9 heteroatoms. The van der Waals surface area contributed by atoms with E-state index in [1.54, 1.807) is 60.2 Å². The van der Waals surface area contributed by atoms with E-state index in [1.165, 1.54) is 0 Å². The Balaban J connectivity index is 1.72. The summed E-state index contributed by atoms with van der Waals surface area (Å²) in [6.07, 6.45) is 0. The van der Waals surface area contributed by atoms with Crippen molar-refractivity contribution in [3.63, 3.8) is 0 Å². The Morgan fingerprint density at radius 2 is 1.86 bits per heavy atom. The summed E-state index contributed by atoms with van der Waals surface area (Å²) in [6.45, 7) is 2.80. The first-order valence-corrected chi connectivity index (χ1v) is 9.41. The monoisotopic (exact) mass is 411 g/mol. The molecule has 3 aromatic rings. The number of amides is 2. The molecule has 0 atom stereocenters. The van der Waals surface area contributed by atoms with Gasteiger partial charge in [0.2, 0.25) is 0 Å². The number of H-pyrrole nitrogens is 1. The number of hydrogen-bond acceptors (Lipinski definition) is 5. The van der Waals surface area contributed by atoms with E-state index < -0.39 is 0 Å². The van der Waals surface area contributed by atoms with E-state index in [4.69, 9.17) is 17.0 Å². The van der Waals surface area contributed by atoms with E-state index in [-0.39, 0.29) is 18.4 Å². The van der Waals surface area contributed by atoms with E-state index in [9.17, 15) is 9.59 Å².